The third-order valence-electron chi connectivity index (χ3n) is 5.22. The number of anilines is 1. The van der Waals surface area contributed by atoms with Crippen LogP contribution in [-0.4, -0.2) is 28.8 Å². The number of carbonyl (C=O) groups excluding carboxylic acids is 3. The highest BCUT2D eigenvalue weighted by molar-refractivity contribution is 6.34. The van der Waals surface area contributed by atoms with Crippen LogP contribution in [0, 0.1) is 0 Å². The average Bonchev–Trinajstić information content (AvgIpc) is 2.91. The Hall–Kier alpha value is -2.12. The highest BCUT2D eigenvalue weighted by Gasteiger charge is 2.45. The molecule has 1 aliphatic carbocycles. The molecule has 140 valence electrons. The van der Waals surface area contributed by atoms with Crippen LogP contribution in [0.2, 0.25) is 5.02 Å². The maximum atomic E-state index is 13.2. The van der Waals surface area contributed by atoms with Gasteiger partial charge >= 0.3 is 0 Å². The number of halogens is 1. The van der Waals surface area contributed by atoms with Gasteiger partial charge in [0, 0.05) is 18.0 Å². The van der Waals surface area contributed by atoms with Gasteiger partial charge in [-0.05, 0) is 25.0 Å². The van der Waals surface area contributed by atoms with E-state index in [0.29, 0.717) is 11.3 Å². The Balaban J connectivity index is 2.11. The Morgan fingerprint density at radius 1 is 1.27 bits per heavy atom. The molecule has 1 aromatic rings. The number of benzene rings is 1. The van der Waals surface area contributed by atoms with Crippen molar-refractivity contribution in [2.45, 2.75) is 57.5 Å². The zero-order valence-electron chi connectivity index (χ0n) is 14.7. The van der Waals surface area contributed by atoms with E-state index >= 15 is 0 Å². The van der Waals surface area contributed by atoms with Gasteiger partial charge in [-0.2, -0.15) is 0 Å². The third-order valence-corrected chi connectivity index (χ3v) is 5.53. The predicted octanol–water partition coefficient (Wildman–Crippen LogP) is 2.27. The molecule has 1 aliphatic heterocycles. The lowest BCUT2D eigenvalue weighted by Crippen LogP contribution is -2.47. The fraction of sp³-hybridized carbons (Fsp3) is 0.500. The van der Waals surface area contributed by atoms with Gasteiger partial charge in [-0.15, -0.1) is 0 Å². The molecule has 3 rings (SSSR count). The first kappa shape index (κ1) is 18.7. The standard InChI is InChI=1S/C18H23ClN4O3/c1-2-15(24)23(21)16-12-8-11(17(20)25)13(19)9-14(12)22(18(16)26)10-6-4-3-5-7-10/h8-10,16H,2-7,21H2,1H3,(H2,20,25). The minimum absolute atomic E-state index is 0.0422. The number of hydrogen-bond acceptors (Lipinski definition) is 4. The van der Waals surface area contributed by atoms with Crippen molar-refractivity contribution in [2.75, 3.05) is 4.90 Å². The van der Waals surface area contributed by atoms with Gasteiger partial charge < -0.3 is 10.6 Å². The number of nitrogens with zero attached hydrogens (tertiary/aromatic N) is 2. The van der Waals surface area contributed by atoms with Gasteiger partial charge in [0.25, 0.3) is 5.91 Å². The molecule has 1 heterocycles. The van der Waals surface area contributed by atoms with E-state index in [0.717, 1.165) is 37.1 Å². The third kappa shape index (κ3) is 3.05. The summed E-state index contributed by atoms with van der Waals surface area (Å²) in [5.74, 6) is 4.68. The lowest BCUT2D eigenvalue weighted by atomic mass is 9.94. The predicted molar refractivity (Wildman–Crippen MR) is 98.4 cm³/mol. The van der Waals surface area contributed by atoms with Gasteiger partial charge in [0.2, 0.25) is 11.8 Å². The minimum Gasteiger partial charge on any atom is -0.366 e. The summed E-state index contributed by atoms with van der Waals surface area (Å²) in [5, 5.41) is 1.15. The topological polar surface area (TPSA) is 110 Å². The van der Waals surface area contributed by atoms with Crippen molar-refractivity contribution >= 4 is 35.0 Å². The second-order valence-corrected chi connectivity index (χ2v) is 7.22. The number of rotatable bonds is 4. The number of hydrazine groups is 1. The largest absolute Gasteiger partial charge is 0.366 e. The SMILES string of the molecule is CCC(=O)N(N)C1C(=O)N(C2CCCCC2)c2cc(Cl)c(C(N)=O)cc21. The van der Waals surface area contributed by atoms with Crippen LogP contribution >= 0.6 is 11.6 Å². The van der Waals surface area contributed by atoms with Crippen LogP contribution in [0.25, 0.3) is 0 Å². The highest BCUT2D eigenvalue weighted by atomic mass is 35.5. The van der Waals surface area contributed by atoms with Crippen molar-refractivity contribution in [3.8, 4) is 0 Å². The molecule has 2 aliphatic rings. The molecule has 0 radical (unpaired) electrons. The molecule has 1 saturated carbocycles. The Morgan fingerprint density at radius 3 is 2.50 bits per heavy atom. The fourth-order valence-corrected chi connectivity index (χ4v) is 4.14. The maximum Gasteiger partial charge on any atom is 0.256 e. The summed E-state index contributed by atoms with van der Waals surface area (Å²) >= 11 is 6.22. The second kappa shape index (κ2) is 7.25. The van der Waals surface area contributed by atoms with Crippen molar-refractivity contribution in [1.29, 1.82) is 0 Å². The number of primary amides is 1. The number of fused-ring (bicyclic) bond motifs is 1. The quantitative estimate of drug-likeness (QED) is 0.475. The van der Waals surface area contributed by atoms with Gasteiger partial charge in [0.1, 0.15) is 0 Å². The summed E-state index contributed by atoms with van der Waals surface area (Å²) in [6, 6.07) is 2.16. The highest BCUT2D eigenvalue weighted by Crippen LogP contribution is 2.44. The van der Waals surface area contributed by atoms with Gasteiger partial charge in [-0.1, -0.05) is 37.8 Å². The summed E-state index contributed by atoms with van der Waals surface area (Å²) < 4.78 is 0. The molecule has 0 spiro atoms. The van der Waals surface area contributed by atoms with Gasteiger partial charge in [0.05, 0.1) is 16.3 Å². The van der Waals surface area contributed by atoms with Gasteiger partial charge in [-0.25, -0.2) is 5.84 Å². The van der Waals surface area contributed by atoms with E-state index < -0.39 is 11.9 Å². The van der Waals surface area contributed by atoms with E-state index in [-0.39, 0.29) is 34.9 Å². The number of hydrogen-bond donors (Lipinski definition) is 2. The van der Waals surface area contributed by atoms with E-state index in [9.17, 15) is 14.4 Å². The van der Waals surface area contributed by atoms with Crippen LogP contribution in [0.5, 0.6) is 0 Å². The lowest BCUT2D eigenvalue weighted by Gasteiger charge is -2.32. The molecule has 0 aromatic heterocycles. The molecule has 26 heavy (non-hydrogen) atoms. The smallest absolute Gasteiger partial charge is 0.256 e. The molecule has 1 fully saturated rings. The van der Waals surface area contributed by atoms with Crippen LogP contribution in [0.3, 0.4) is 0 Å². The number of carbonyl (C=O) groups is 3. The molecule has 1 aromatic carbocycles. The molecule has 7 nitrogen and oxygen atoms in total. The van der Waals surface area contributed by atoms with Gasteiger partial charge in [0.15, 0.2) is 6.04 Å². The number of nitrogens with two attached hydrogens (primary N) is 2. The Morgan fingerprint density at radius 2 is 1.92 bits per heavy atom. The Bertz CT molecular complexity index is 761. The van der Waals surface area contributed by atoms with Crippen LogP contribution < -0.4 is 16.5 Å². The van der Waals surface area contributed by atoms with E-state index in [1.807, 2.05) is 0 Å². The normalized spacial score (nSPS) is 20.2. The van der Waals surface area contributed by atoms with Crippen LogP contribution in [0.4, 0.5) is 5.69 Å². The van der Waals surface area contributed by atoms with E-state index in [1.165, 1.54) is 6.07 Å². The van der Waals surface area contributed by atoms with Crippen molar-refractivity contribution in [2.24, 2.45) is 11.6 Å². The minimum atomic E-state index is -0.963. The van der Waals surface area contributed by atoms with E-state index in [4.69, 9.17) is 23.2 Å². The van der Waals surface area contributed by atoms with E-state index in [2.05, 4.69) is 0 Å². The molecule has 0 bridgehead atoms. The maximum absolute atomic E-state index is 13.2. The molecule has 0 saturated heterocycles. The fourth-order valence-electron chi connectivity index (χ4n) is 3.89. The summed E-state index contributed by atoms with van der Waals surface area (Å²) in [5.41, 5.74) is 6.63. The molecule has 4 N–H and O–H groups in total. The van der Waals surface area contributed by atoms with Gasteiger partial charge in [-0.3, -0.25) is 19.4 Å². The first-order valence-electron chi connectivity index (χ1n) is 8.89. The van der Waals surface area contributed by atoms with Crippen molar-refractivity contribution < 1.29 is 14.4 Å². The number of amides is 3. The Labute approximate surface area is 157 Å². The van der Waals surface area contributed by atoms with Crippen molar-refractivity contribution in [1.82, 2.24) is 5.01 Å². The van der Waals surface area contributed by atoms with Crippen molar-refractivity contribution in [3.63, 3.8) is 0 Å². The first-order valence-corrected chi connectivity index (χ1v) is 9.27. The lowest BCUT2D eigenvalue weighted by molar-refractivity contribution is -0.139. The van der Waals surface area contributed by atoms with E-state index in [1.54, 1.807) is 17.9 Å². The monoisotopic (exact) mass is 378 g/mol. The molecule has 1 unspecified atom stereocenters. The average molecular weight is 379 g/mol. The second-order valence-electron chi connectivity index (χ2n) is 6.81. The zero-order chi connectivity index (χ0) is 19.0. The summed E-state index contributed by atoms with van der Waals surface area (Å²) in [6.45, 7) is 1.68. The molecular weight excluding hydrogens is 356 g/mol. The zero-order valence-corrected chi connectivity index (χ0v) is 15.5. The Kier molecular flexibility index (Phi) is 5.20. The first-order chi connectivity index (χ1) is 12.4. The summed E-state index contributed by atoms with van der Waals surface area (Å²) in [7, 11) is 0. The molecular formula is C18H23ClN4O3. The summed E-state index contributed by atoms with van der Waals surface area (Å²) in [6.07, 6.45) is 5.19. The molecule has 1 atom stereocenters. The molecule has 3 amide bonds. The van der Waals surface area contributed by atoms with Crippen LogP contribution in [-0.2, 0) is 9.59 Å². The van der Waals surface area contributed by atoms with Crippen LogP contribution in [0.1, 0.15) is 67.4 Å². The van der Waals surface area contributed by atoms with Crippen LogP contribution in [0.15, 0.2) is 12.1 Å². The molecule has 8 heteroatoms. The van der Waals surface area contributed by atoms with Crippen molar-refractivity contribution in [3.05, 3.63) is 28.3 Å². The summed E-state index contributed by atoms with van der Waals surface area (Å²) in [4.78, 5) is 38.7.